The van der Waals surface area contributed by atoms with Crippen LogP contribution in [0.4, 0.5) is 14.7 Å². The fourth-order valence-corrected chi connectivity index (χ4v) is 1.81. The number of carbonyl (C=O) groups excluding carboxylic acids is 1. The van der Waals surface area contributed by atoms with Crippen molar-refractivity contribution >= 4 is 12.2 Å². The first-order chi connectivity index (χ1) is 8.05. The van der Waals surface area contributed by atoms with E-state index in [4.69, 9.17) is 0 Å². The van der Waals surface area contributed by atoms with Crippen LogP contribution in [0.25, 0.3) is 0 Å². The van der Waals surface area contributed by atoms with Crippen molar-refractivity contribution in [3.8, 4) is 0 Å². The van der Waals surface area contributed by atoms with Gasteiger partial charge in [-0.3, -0.25) is 0 Å². The van der Waals surface area contributed by atoms with Crippen molar-refractivity contribution in [3.63, 3.8) is 0 Å². The van der Waals surface area contributed by atoms with Crippen LogP contribution in [0.3, 0.4) is 0 Å². The van der Waals surface area contributed by atoms with E-state index in [1.54, 1.807) is 11.8 Å². The molecule has 2 heterocycles. The van der Waals surface area contributed by atoms with Gasteiger partial charge in [0.1, 0.15) is 12.5 Å². The minimum atomic E-state index is -1.26. The lowest BCUT2D eigenvalue weighted by molar-refractivity contribution is -0.119. The van der Waals surface area contributed by atoms with Crippen molar-refractivity contribution in [3.05, 3.63) is 18.2 Å². The van der Waals surface area contributed by atoms with Gasteiger partial charge in [-0.1, -0.05) is 0 Å². The van der Waals surface area contributed by atoms with E-state index in [-0.39, 0.29) is 6.54 Å². The number of rotatable bonds is 2. The summed E-state index contributed by atoms with van der Waals surface area (Å²) in [5.41, 5.74) is -0.934. The fraction of sp³-hybridized carbons (Fsp3) is 0.545. The van der Waals surface area contributed by atoms with E-state index in [0.717, 1.165) is 12.4 Å². The minimum absolute atomic E-state index is 0.0564. The van der Waals surface area contributed by atoms with Crippen LogP contribution in [0.5, 0.6) is 0 Å². The predicted octanol–water partition coefficient (Wildman–Crippen LogP) is 1.37. The average molecular weight is 241 g/mol. The molecule has 6 heteroatoms. The van der Waals surface area contributed by atoms with Crippen LogP contribution < -0.4 is 4.90 Å². The number of aldehydes is 1. The molecule has 1 aliphatic heterocycles. The molecule has 1 saturated heterocycles. The summed E-state index contributed by atoms with van der Waals surface area (Å²) in [6.07, 6.45) is 1.90. The summed E-state index contributed by atoms with van der Waals surface area (Å²) in [5, 5.41) is 0. The highest BCUT2D eigenvalue weighted by Crippen LogP contribution is 2.32. The fourth-order valence-electron chi connectivity index (χ4n) is 1.81. The second-order valence-corrected chi connectivity index (χ2v) is 4.49. The van der Waals surface area contributed by atoms with Gasteiger partial charge in [0.05, 0.1) is 24.4 Å². The molecule has 0 aromatic carbocycles. The van der Waals surface area contributed by atoms with Gasteiger partial charge in [0.15, 0.2) is 5.82 Å². The first-order valence-electron chi connectivity index (χ1n) is 5.38. The van der Waals surface area contributed by atoms with Gasteiger partial charge in [0.25, 0.3) is 0 Å². The molecule has 92 valence electrons. The summed E-state index contributed by atoms with van der Waals surface area (Å²) in [6.45, 7) is 2.15. The van der Waals surface area contributed by atoms with E-state index in [1.807, 2.05) is 0 Å². The molecule has 0 N–H and O–H groups in total. The lowest BCUT2D eigenvalue weighted by atomic mass is 9.80. The van der Waals surface area contributed by atoms with Crippen LogP contribution in [0.15, 0.2) is 12.4 Å². The second kappa shape index (κ2) is 4.35. The van der Waals surface area contributed by atoms with Crippen molar-refractivity contribution in [2.45, 2.75) is 19.5 Å². The normalized spacial score (nSPS) is 29.1. The molecule has 0 amide bonds. The van der Waals surface area contributed by atoms with Gasteiger partial charge >= 0.3 is 0 Å². The number of hydrogen-bond acceptors (Lipinski definition) is 4. The second-order valence-electron chi connectivity index (χ2n) is 4.49. The summed E-state index contributed by atoms with van der Waals surface area (Å²) in [7, 11) is 0. The number of nitrogens with zero attached hydrogens (tertiary/aromatic N) is 3. The minimum Gasteiger partial charge on any atom is -0.338 e. The van der Waals surface area contributed by atoms with Crippen molar-refractivity contribution in [2.75, 3.05) is 18.0 Å². The Kier molecular flexibility index (Phi) is 3.04. The lowest BCUT2D eigenvalue weighted by Crippen LogP contribution is -2.49. The Morgan fingerprint density at radius 3 is 2.71 bits per heavy atom. The zero-order chi connectivity index (χ0) is 12.5. The van der Waals surface area contributed by atoms with Crippen LogP contribution in [-0.4, -0.2) is 35.5 Å². The molecule has 4 nitrogen and oxygen atoms in total. The van der Waals surface area contributed by atoms with E-state index < -0.39 is 17.4 Å². The number of alkyl halides is 1. The monoisotopic (exact) mass is 241 g/mol. The van der Waals surface area contributed by atoms with Crippen LogP contribution in [0.2, 0.25) is 0 Å². The molecular formula is C11H13F2N3O. The molecule has 0 spiro atoms. The number of hydrogen-bond donors (Lipinski definition) is 0. The molecule has 0 bridgehead atoms. The van der Waals surface area contributed by atoms with Gasteiger partial charge < -0.3 is 9.69 Å². The SMILES string of the molecule is CC1(C=O)CCN(c2ncc(F)cn2)CC1F. The maximum atomic E-state index is 13.8. The molecule has 1 fully saturated rings. The first-order valence-corrected chi connectivity index (χ1v) is 5.38. The van der Waals surface area contributed by atoms with Crippen molar-refractivity contribution < 1.29 is 13.6 Å². The number of anilines is 1. The van der Waals surface area contributed by atoms with E-state index in [2.05, 4.69) is 9.97 Å². The van der Waals surface area contributed by atoms with Gasteiger partial charge in [-0.15, -0.1) is 0 Å². The highest BCUT2D eigenvalue weighted by Gasteiger charge is 2.40. The third-order valence-electron chi connectivity index (χ3n) is 3.18. The lowest BCUT2D eigenvalue weighted by Gasteiger charge is -2.38. The summed E-state index contributed by atoms with van der Waals surface area (Å²) in [4.78, 5) is 20.1. The number of aromatic nitrogens is 2. The third kappa shape index (κ3) is 2.25. The highest BCUT2D eigenvalue weighted by atomic mass is 19.1. The van der Waals surface area contributed by atoms with E-state index in [1.165, 1.54) is 0 Å². The Morgan fingerprint density at radius 1 is 1.53 bits per heavy atom. The topological polar surface area (TPSA) is 46.1 Å². The molecule has 0 saturated carbocycles. The Hall–Kier alpha value is -1.59. The van der Waals surface area contributed by atoms with Crippen molar-refractivity contribution in [1.82, 2.24) is 9.97 Å². The number of carbonyl (C=O) groups is 1. The Balaban J connectivity index is 2.12. The van der Waals surface area contributed by atoms with Crippen molar-refractivity contribution in [1.29, 1.82) is 0 Å². The molecular weight excluding hydrogens is 228 g/mol. The van der Waals surface area contributed by atoms with Gasteiger partial charge in [-0.25, -0.2) is 18.7 Å². The van der Waals surface area contributed by atoms with Gasteiger partial charge in [-0.05, 0) is 13.3 Å². The van der Waals surface area contributed by atoms with Gasteiger partial charge in [-0.2, -0.15) is 0 Å². The van der Waals surface area contributed by atoms with Crippen LogP contribution >= 0.6 is 0 Å². The molecule has 0 aliphatic carbocycles. The van der Waals surface area contributed by atoms with Crippen molar-refractivity contribution in [2.24, 2.45) is 5.41 Å². The number of piperidine rings is 1. The maximum Gasteiger partial charge on any atom is 0.225 e. The Morgan fingerprint density at radius 2 is 2.18 bits per heavy atom. The van der Waals surface area contributed by atoms with Gasteiger partial charge in [0.2, 0.25) is 5.95 Å². The summed E-state index contributed by atoms with van der Waals surface area (Å²) < 4.78 is 26.5. The Bertz CT molecular complexity index is 412. The largest absolute Gasteiger partial charge is 0.338 e. The third-order valence-corrected chi connectivity index (χ3v) is 3.18. The van der Waals surface area contributed by atoms with Crippen LogP contribution in [-0.2, 0) is 4.79 Å². The smallest absolute Gasteiger partial charge is 0.225 e. The van der Waals surface area contributed by atoms with Gasteiger partial charge in [0, 0.05) is 6.54 Å². The van der Waals surface area contributed by atoms with E-state index >= 15 is 0 Å². The zero-order valence-corrected chi connectivity index (χ0v) is 9.44. The summed E-state index contributed by atoms with van der Waals surface area (Å²) in [6, 6.07) is 0. The first kappa shape index (κ1) is 11.9. The zero-order valence-electron chi connectivity index (χ0n) is 9.44. The average Bonchev–Trinajstić information content (AvgIpc) is 2.34. The van der Waals surface area contributed by atoms with Crippen LogP contribution in [0, 0.1) is 11.2 Å². The molecule has 2 unspecified atom stereocenters. The van der Waals surface area contributed by atoms with E-state index in [0.29, 0.717) is 25.2 Å². The summed E-state index contributed by atoms with van der Waals surface area (Å²) in [5.74, 6) is -0.234. The quantitative estimate of drug-likeness (QED) is 0.734. The molecule has 2 atom stereocenters. The highest BCUT2D eigenvalue weighted by molar-refractivity contribution is 5.61. The standard InChI is InChI=1S/C11H13F2N3O/c1-11(7-17)2-3-16(6-9(11)13)10-14-4-8(12)5-15-10/h4-5,7,9H,2-3,6H2,1H3. The Labute approximate surface area is 97.7 Å². The number of halogens is 2. The van der Waals surface area contributed by atoms with E-state index in [9.17, 15) is 13.6 Å². The molecule has 2 rings (SSSR count). The molecule has 17 heavy (non-hydrogen) atoms. The molecule has 0 radical (unpaired) electrons. The molecule has 1 aromatic heterocycles. The predicted molar refractivity (Wildman–Crippen MR) is 57.9 cm³/mol. The molecule has 1 aromatic rings. The summed E-state index contributed by atoms with van der Waals surface area (Å²) >= 11 is 0. The van der Waals surface area contributed by atoms with Crippen LogP contribution in [0.1, 0.15) is 13.3 Å². The maximum absolute atomic E-state index is 13.8. The molecule has 1 aliphatic rings.